The number of fused-ring (bicyclic) bond motifs is 3. The van der Waals surface area contributed by atoms with Crippen molar-refractivity contribution in [1.29, 1.82) is 0 Å². The van der Waals surface area contributed by atoms with Crippen LogP contribution < -0.4 is 20.1 Å². The summed E-state index contributed by atoms with van der Waals surface area (Å²) in [4.78, 5) is 26.3. The Labute approximate surface area is 200 Å². The second-order valence-electron chi connectivity index (χ2n) is 8.19. The molecule has 5 aromatic rings. The van der Waals surface area contributed by atoms with Crippen LogP contribution in [0.25, 0.3) is 21.7 Å². The molecular weight excluding hydrogens is 444 g/mol. The van der Waals surface area contributed by atoms with E-state index in [1.807, 2.05) is 60.7 Å². The lowest BCUT2D eigenvalue weighted by atomic mass is 10.0. The van der Waals surface area contributed by atoms with Crippen LogP contribution >= 0.6 is 0 Å². The second kappa shape index (κ2) is 8.53. The molecule has 0 saturated carbocycles. The molecule has 0 radical (unpaired) electrons. The molecule has 1 aliphatic rings. The van der Waals surface area contributed by atoms with Crippen molar-refractivity contribution in [2.45, 2.75) is 6.42 Å². The molecule has 2 N–H and O–H groups in total. The van der Waals surface area contributed by atoms with E-state index in [1.54, 1.807) is 24.3 Å². The maximum atomic E-state index is 13.2. The van der Waals surface area contributed by atoms with Gasteiger partial charge >= 0.3 is 0 Å². The third-order valence-corrected chi connectivity index (χ3v) is 5.93. The van der Waals surface area contributed by atoms with E-state index in [2.05, 4.69) is 10.6 Å². The van der Waals surface area contributed by atoms with E-state index >= 15 is 0 Å². The van der Waals surface area contributed by atoms with Crippen molar-refractivity contribution in [2.24, 2.45) is 0 Å². The highest BCUT2D eigenvalue weighted by Crippen LogP contribution is 2.35. The van der Waals surface area contributed by atoms with Gasteiger partial charge in [0.25, 0.3) is 5.91 Å². The molecule has 2 amide bonds. The molecule has 7 heteroatoms. The number of hydrogen-bond donors (Lipinski definition) is 2. The van der Waals surface area contributed by atoms with Crippen LogP contribution in [0.15, 0.2) is 89.3 Å². The van der Waals surface area contributed by atoms with Crippen LogP contribution in [0.4, 0.5) is 11.4 Å². The Morgan fingerprint density at radius 2 is 1.54 bits per heavy atom. The van der Waals surface area contributed by atoms with Crippen LogP contribution in [-0.2, 0) is 11.2 Å². The predicted molar refractivity (Wildman–Crippen MR) is 133 cm³/mol. The summed E-state index contributed by atoms with van der Waals surface area (Å²) < 4.78 is 16.6. The van der Waals surface area contributed by atoms with Crippen molar-refractivity contribution in [3.8, 4) is 11.5 Å². The number of carbonyl (C=O) groups is 2. The van der Waals surface area contributed by atoms with Gasteiger partial charge in [-0.3, -0.25) is 9.59 Å². The fourth-order valence-corrected chi connectivity index (χ4v) is 4.29. The maximum Gasteiger partial charge on any atom is 0.293 e. The lowest BCUT2D eigenvalue weighted by Crippen LogP contribution is -2.18. The highest BCUT2D eigenvalue weighted by Gasteiger charge is 2.23. The lowest BCUT2D eigenvalue weighted by Gasteiger charge is -2.09. The number of anilines is 2. The smallest absolute Gasteiger partial charge is 0.293 e. The average molecular weight is 464 g/mol. The highest BCUT2D eigenvalue weighted by atomic mass is 16.7. The number of benzene rings is 4. The van der Waals surface area contributed by atoms with Gasteiger partial charge in [0, 0.05) is 17.1 Å². The highest BCUT2D eigenvalue weighted by molar-refractivity contribution is 6.15. The number of carbonyl (C=O) groups excluding carboxylic acids is 2. The third-order valence-electron chi connectivity index (χ3n) is 5.93. The molecule has 0 saturated heterocycles. The third kappa shape index (κ3) is 3.93. The Balaban J connectivity index is 1.29. The normalized spacial score (nSPS) is 12.1. The summed E-state index contributed by atoms with van der Waals surface area (Å²) in [6, 6.07) is 26.1. The van der Waals surface area contributed by atoms with Crippen LogP contribution in [0, 0.1) is 0 Å². The molecule has 7 nitrogen and oxygen atoms in total. The average Bonchev–Trinajstić information content (AvgIpc) is 3.49. The number of nitrogens with one attached hydrogen (secondary N) is 2. The van der Waals surface area contributed by atoms with Crippen LogP contribution in [0.5, 0.6) is 11.5 Å². The van der Waals surface area contributed by atoms with Gasteiger partial charge in [-0.15, -0.1) is 0 Å². The van der Waals surface area contributed by atoms with Gasteiger partial charge in [0.2, 0.25) is 18.5 Å². The van der Waals surface area contributed by atoms with Gasteiger partial charge in [-0.25, -0.2) is 0 Å². The Morgan fingerprint density at radius 3 is 2.46 bits per heavy atom. The van der Waals surface area contributed by atoms with Gasteiger partial charge in [0.15, 0.2) is 11.5 Å². The van der Waals surface area contributed by atoms with Crippen molar-refractivity contribution in [1.82, 2.24) is 0 Å². The molecule has 6 rings (SSSR count). The molecule has 0 bridgehead atoms. The fourth-order valence-electron chi connectivity index (χ4n) is 4.29. The van der Waals surface area contributed by atoms with E-state index in [0.717, 1.165) is 16.3 Å². The standard InChI is InChI=1S/C28H20N2O5/c31-25(14-18-8-5-7-17-6-1-2-9-20(17)18)30-26-21-10-3-4-11-22(21)35-27(26)28(32)29-19-12-13-23-24(15-19)34-16-33-23/h1-13,15H,14,16H2,(H,29,32)(H,30,31). The minimum atomic E-state index is -0.486. The van der Waals surface area contributed by atoms with Crippen molar-refractivity contribution < 1.29 is 23.5 Å². The van der Waals surface area contributed by atoms with E-state index in [-0.39, 0.29) is 24.9 Å². The van der Waals surface area contributed by atoms with Gasteiger partial charge in [-0.1, -0.05) is 54.6 Å². The van der Waals surface area contributed by atoms with Crippen molar-refractivity contribution >= 4 is 44.9 Å². The molecular formula is C28H20N2O5. The fraction of sp³-hybridized carbons (Fsp3) is 0.0714. The van der Waals surface area contributed by atoms with Crippen LogP contribution in [0.2, 0.25) is 0 Å². The van der Waals surface area contributed by atoms with Gasteiger partial charge in [0.1, 0.15) is 11.3 Å². The van der Waals surface area contributed by atoms with Gasteiger partial charge in [-0.2, -0.15) is 0 Å². The SMILES string of the molecule is O=C(Cc1cccc2ccccc12)Nc1c(C(=O)Nc2ccc3c(c2)OCO3)oc2ccccc12. The molecule has 35 heavy (non-hydrogen) atoms. The number of amides is 2. The monoisotopic (exact) mass is 464 g/mol. The first-order valence-corrected chi connectivity index (χ1v) is 11.1. The Hall–Kier alpha value is -4.78. The minimum absolute atomic E-state index is 0.0233. The molecule has 1 aromatic heterocycles. The minimum Gasteiger partial charge on any atom is -0.454 e. The van der Waals surface area contributed by atoms with Crippen molar-refractivity contribution in [3.05, 3.63) is 96.3 Å². The second-order valence-corrected chi connectivity index (χ2v) is 8.19. The van der Waals surface area contributed by atoms with E-state index in [9.17, 15) is 9.59 Å². The summed E-state index contributed by atoms with van der Waals surface area (Å²) in [6.45, 7) is 0.142. The number of ether oxygens (including phenoxy) is 2. The van der Waals surface area contributed by atoms with Gasteiger partial charge < -0.3 is 24.5 Å². The summed E-state index contributed by atoms with van der Waals surface area (Å²) >= 11 is 0. The van der Waals surface area contributed by atoms with E-state index in [4.69, 9.17) is 13.9 Å². The van der Waals surface area contributed by atoms with Crippen molar-refractivity contribution in [3.63, 3.8) is 0 Å². The summed E-state index contributed by atoms with van der Waals surface area (Å²) in [5, 5.41) is 8.46. The lowest BCUT2D eigenvalue weighted by molar-refractivity contribution is -0.115. The van der Waals surface area contributed by atoms with Crippen molar-refractivity contribution in [2.75, 3.05) is 17.4 Å². The zero-order valence-electron chi connectivity index (χ0n) is 18.5. The molecule has 0 fully saturated rings. The largest absolute Gasteiger partial charge is 0.454 e. The zero-order chi connectivity index (χ0) is 23.8. The first-order valence-electron chi connectivity index (χ1n) is 11.1. The summed E-state index contributed by atoms with van der Waals surface area (Å²) in [7, 11) is 0. The van der Waals surface area contributed by atoms with Crippen LogP contribution in [-0.4, -0.2) is 18.6 Å². The number of hydrogen-bond acceptors (Lipinski definition) is 5. The molecule has 172 valence electrons. The molecule has 2 heterocycles. The number of rotatable bonds is 5. The summed E-state index contributed by atoms with van der Waals surface area (Å²) in [5.41, 5.74) is 2.26. The molecule has 4 aromatic carbocycles. The van der Waals surface area contributed by atoms with E-state index < -0.39 is 5.91 Å². The number of para-hydroxylation sites is 1. The van der Waals surface area contributed by atoms with Crippen LogP contribution in [0.1, 0.15) is 16.1 Å². The van der Waals surface area contributed by atoms with Crippen LogP contribution in [0.3, 0.4) is 0 Å². The molecule has 0 unspecified atom stereocenters. The van der Waals surface area contributed by atoms with Gasteiger partial charge in [0.05, 0.1) is 6.42 Å². The molecule has 0 aliphatic carbocycles. The zero-order valence-corrected chi connectivity index (χ0v) is 18.5. The maximum absolute atomic E-state index is 13.2. The molecule has 1 aliphatic heterocycles. The predicted octanol–water partition coefficient (Wildman–Crippen LogP) is 5.75. The Bertz CT molecular complexity index is 1600. The quantitative estimate of drug-likeness (QED) is 0.346. The first-order chi connectivity index (χ1) is 17.2. The molecule has 0 spiro atoms. The topological polar surface area (TPSA) is 89.8 Å². The Morgan fingerprint density at radius 1 is 0.771 bits per heavy atom. The molecule has 0 atom stereocenters. The van der Waals surface area contributed by atoms with E-state index in [1.165, 1.54) is 0 Å². The first kappa shape index (κ1) is 20.8. The Kier molecular flexibility index (Phi) is 5.07. The van der Waals surface area contributed by atoms with Gasteiger partial charge in [-0.05, 0) is 40.6 Å². The van der Waals surface area contributed by atoms with E-state index in [0.29, 0.717) is 33.8 Å². The summed E-state index contributed by atoms with van der Waals surface area (Å²) in [6.07, 6.45) is 0.157. The number of furan rings is 1. The summed E-state index contributed by atoms with van der Waals surface area (Å²) in [5.74, 6) is 0.463.